The zero-order valence-corrected chi connectivity index (χ0v) is 17.9. The molecule has 154 valence electrons. The minimum absolute atomic E-state index is 0.0736. The first-order valence-corrected chi connectivity index (χ1v) is 10.8. The van der Waals surface area contributed by atoms with Crippen molar-refractivity contribution in [1.82, 2.24) is 14.8 Å². The smallest absolute Gasteiger partial charge is 0.237 e. The predicted octanol–water partition coefficient (Wildman–Crippen LogP) is 4.21. The summed E-state index contributed by atoms with van der Waals surface area (Å²) in [6, 6.07) is 16.0. The van der Waals surface area contributed by atoms with Crippen molar-refractivity contribution in [2.75, 3.05) is 17.8 Å². The lowest BCUT2D eigenvalue weighted by Crippen LogP contribution is -2.37. The summed E-state index contributed by atoms with van der Waals surface area (Å²) in [5.74, 6) is 1.79. The van der Waals surface area contributed by atoms with E-state index in [2.05, 4.69) is 29.8 Å². The van der Waals surface area contributed by atoms with Crippen LogP contribution in [0.15, 0.2) is 66.3 Å². The molecule has 7 heteroatoms. The molecule has 0 saturated heterocycles. The number of benzene rings is 2. The van der Waals surface area contributed by atoms with Gasteiger partial charge in [-0.25, -0.2) is 0 Å². The Labute approximate surface area is 180 Å². The number of para-hydroxylation sites is 2. The lowest BCUT2D eigenvalue weighted by Gasteiger charge is -2.22. The van der Waals surface area contributed by atoms with Crippen LogP contribution in [0.25, 0.3) is 11.4 Å². The third-order valence-corrected chi connectivity index (χ3v) is 6.13. The van der Waals surface area contributed by atoms with E-state index in [0.29, 0.717) is 23.3 Å². The van der Waals surface area contributed by atoms with E-state index in [0.717, 1.165) is 23.4 Å². The summed E-state index contributed by atoms with van der Waals surface area (Å²) >= 11 is 1.40. The number of nitrogens with zero attached hydrogens (tertiary/aromatic N) is 4. The Kier molecular flexibility index (Phi) is 5.90. The van der Waals surface area contributed by atoms with E-state index in [1.54, 1.807) is 13.2 Å². The fourth-order valence-electron chi connectivity index (χ4n) is 3.86. The molecule has 0 saturated carbocycles. The summed E-state index contributed by atoms with van der Waals surface area (Å²) in [6.45, 7) is 6.48. The molecule has 2 aromatic carbocycles. The van der Waals surface area contributed by atoms with Crippen LogP contribution in [0.5, 0.6) is 5.75 Å². The van der Waals surface area contributed by atoms with Crippen LogP contribution in [0.1, 0.15) is 12.5 Å². The number of anilines is 1. The Morgan fingerprint density at radius 2 is 2.00 bits per heavy atom. The van der Waals surface area contributed by atoms with Crippen molar-refractivity contribution >= 4 is 23.4 Å². The number of methoxy groups -OCH3 is 1. The van der Waals surface area contributed by atoms with Crippen LogP contribution in [0.4, 0.5) is 5.69 Å². The number of carbonyl (C=O) groups excluding carboxylic acids is 1. The Hall–Kier alpha value is -3.06. The molecule has 0 fully saturated rings. The number of hydrogen-bond acceptors (Lipinski definition) is 5. The van der Waals surface area contributed by atoms with Crippen LogP contribution < -0.4 is 9.64 Å². The predicted molar refractivity (Wildman–Crippen MR) is 120 cm³/mol. The first kappa shape index (κ1) is 20.2. The van der Waals surface area contributed by atoms with Gasteiger partial charge in [0.15, 0.2) is 11.0 Å². The fourth-order valence-corrected chi connectivity index (χ4v) is 4.67. The molecule has 1 amide bonds. The average molecular weight is 421 g/mol. The largest absolute Gasteiger partial charge is 0.496 e. The molecule has 30 heavy (non-hydrogen) atoms. The van der Waals surface area contributed by atoms with Gasteiger partial charge >= 0.3 is 0 Å². The minimum atomic E-state index is 0.0736. The number of aromatic nitrogens is 3. The SMILES string of the molecule is C=CCn1c(SCC(=O)N2c3ccccc3CC2C)nnc1-c1ccccc1OC. The topological polar surface area (TPSA) is 60.2 Å². The lowest BCUT2D eigenvalue weighted by atomic mass is 10.1. The van der Waals surface area contributed by atoms with E-state index >= 15 is 0 Å². The van der Waals surface area contributed by atoms with Crippen molar-refractivity contribution in [1.29, 1.82) is 0 Å². The number of thioether (sulfide) groups is 1. The minimum Gasteiger partial charge on any atom is -0.496 e. The lowest BCUT2D eigenvalue weighted by molar-refractivity contribution is -0.116. The molecule has 6 nitrogen and oxygen atoms in total. The highest BCUT2D eigenvalue weighted by Gasteiger charge is 2.30. The highest BCUT2D eigenvalue weighted by atomic mass is 32.2. The Bertz CT molecular complexity index is 1080. The van der Waals surface area contributed by atoms with E-state index in [1.807, 2.05) is 51.9 Å². The van der Waals surface area contributed by atoms with Gasteiger partial charge in [0.05, 0.1) is 18.4 Å². The standard InChI is InChI=1S/C23H24N4O2S/c1-4-13-26-22(18-10-6-8-12-20(18)29-3)24-25-23(26)30-15-21(28)27-16(2)14-17-9-5-7-11-19(17)27/h4-12,16H,1,13-15H2,2-3H3. The Morgan fingerprint density at radius 1 is 1.23 bits per heavy atom. The summed E-state index contributed by atoms with van der Waals surface area (Å²) < 4.78 is 7.44. The normalized spacial score (nSPS) is 15.1. The number of rotatable bonds is 7. The van der Waals surface area contributed by atoms with Gasteiger partial charge in [0.2, 0.25) is 5.91 Å². The van der Waals surface area contributed by atoms with Gasteiger partial charge in [-0.15, -0.1) is 16.8 Å². The first-order valence-electron chi connectivity index (χ1n) is 9.84. The molecule has 3 aromatic rings. The van der Waals surface area contributed by atoms with Crippen molar-refractivity contribution in [2.24, 2.45) is 0 Å². The molecule has 2 heterocycles. The molecule has 1 aliphatic rings. The number of allylic oxidation sites excluding steroid dienone is 1. The third kappa shape index (κ3) is 3.73. The van der Waals surface area contributed by atoms with Gasteiger partial charge in [-0.2, -0.15) is 0 Å². The monoisotopic (exact) mass is 420 g/mol. The van der Waals surface area contributed by atoms with E-state index in [1.165, 1.54) is 17.3 Å². The number of carbonyl (C=O) groups is 1. The number of hydrogen-bond donors (Lipinski definition) is 0. The van der Waals surface area contributed by atoms with Crippen LogP contribution in [-0.2, 0) is 17.8 Å². The molecule has 0 N–H and O–H groups in total. The van der Waals surface area contributed by atoms with Gasteiger partial charge in [-0.3, -0.25) is 9.36 Å². The van der Waals surface area contributed by atoms with Crippen LogP contribution in [-0.4, -0.2) is 39.6 Å². The van der Waals surface area contributed by atoms with Gasteiger partial charge in [0.25, 0.3) is 0 Å². The van der Waals surface area contributed by atoms with E-state index in [4.69, 9.17) is 4.74 Å². The number of ether oxygens (including phenoxy) is 1. The maximum atomic E-state index is 13.0. The van der Waals surface area contributed by atoms with Crippen molar-refractivity contribution in [3.05, 3.63) is 66.7 Å². The first-order chi connectivity index (χ1) is 14.6. The van der Waals surface area contributed by atoms with Gasteiger partial charge < -0.3 is 9.64 Å². The third-order valence-electron chi connectivity index (χ3n) is 5.18. The van der Waals surface area contributed by atoms with Crippen LogP contribution in [0, 0.1) is 0 Å². The average Bonchev–Trinajstić information content (AvgIpc) is 3.32. The fraction of sp³-hybridized carbons (Fsp3) is 0.261. The summed E-state index contributed by atoms with van der Waals surface area (Å²) in [4.78, 5) is 14.9. The molecule has 1 atom stereocenters. The van der Waals surface area contributed by atoms with Gasteiger partial charge in [0.1, 0.15) is 5.75 Å². The quantitative estimate of drug-likeness (QED) is 0.423. The molecule has 1 aliphatic heterocycles. The maximum absolute atomic E-state index is 13.0. The number of fused-ring (bicyclic) bond motifs is 1. The zero-order valence-electron chi connectivity index (χ0n) is 17.1. The second kappa shape index (κ2) is 8.75. The van der Waals surface area contributed by atoms with E-state index in [-0.39, 0.29) is 11.9 Å². The van der Waals surface area contributed by atoms with Gasteiger partial charge in [-0.05, 0) is 37.1 Å². The van der Waals surface area contributed by atoms with Crippen molar-refractivity contribution in [3.8, 4) is 17.1 Å². The maximum Gasteiger partial charge on any atom is 0.237 e. The molecule has 4 rings (SSSR count). The van der Waals surface area contributed by atoms with E-state index in [9.17, 15) is 4.79 Å². The molecular weight excluding hydrogens is 396 g/mol. The summed E-state index contributed by atoms with van der Waals surface area (Å²) in [5, 5.41) is 9.41. The second-order valence-corrected chi connectivity index (χ2v) is 8.08. The molecule has 0 spiro atoms. The molecular formula is C23H24N4O2S. The van der Waals surface area contributed by atoms with Crippen molar-refractivity contribution in [3.63, 3.8) is 0 Å². The van der Waals surface area contributed by atoms with Crippen LogP contribution >= 0.6 is 11.8 Å². The summed E-state index contributed by atoms with van der Waals surface area (Å²) in [6.07, 6.45) is 2.68. The number of amides is 1. The highest BCUT2D eigenvalue weighted by Crippen LogP contribution is 2.34. The molecule has 0 bridgehead atoms. The van der Waals surface area contributed by atoms with Crippen molar-refractivity contribution in [2.45, 2.75) is 31.1 Å². The second-order valence-electron chi connectivity index (χ2n) is 7.14. The van der Waals surface area contributed by atoms with E-state index < -0.39 is 0 Å². The van der Waals surface area contributed by atoms with Crippen molar-refractivity contribution < 1.29 is 9.53 Å². The zero-order chi connectivity index (χ0) is 21.1. The Balaban J connectivity index is 1.56. The molecule has 1 aromatic heterocycles. The summed E-state index contributed by atoms with van der Waals surface area (Å²) in [7, 11) is 1.64. The molecule has 1 unspecified atom stereocenters. The van der Waals surface area contributed by atoms with Crippen LogP contribution in [0.3, 0.4) is 0 Å². The van der Waals surface area contributed by atoms with Gasteiger partial charge in [0, 0.05) is 18.3 Å². The Morgan fingerprint density at radius 3 is 2.80 bits per heavy atom. The summed E-state index contributed by atoms with van der Waals surface area (Å²) in [5.41, 5.74) is 3.09. The molecule has 0 aliphatic carbocycles. The van der Waals surface area contributed by atoms with Gasteiger partial charge in [-0.1, -0.05) is 48.2 Å². The highest BCUT2D eigenvalue weighted by molar-refractivity contribution is 7.99. The van der Waals surface area contributed by atoms with Crippen LogP contribution in [0.2, 0.25) is 0 Å². The molecule has 0 radical (unpaired) electrons.